The Labute approximate surface area is 140 Å². The zero-order valence-electron chi connectivity index (χ0n) is 13.5. The summed E-state index contributed by atoms with van der Waals surface area (Å²) in [6.07, 6.45) is 3.38. The van der Waals surface area contributed by atoms with E-state index in [0.29, 0.717) is 25.4 Å². The molecule has 6 heteroatoms. The number of oxazole rings is 1. The van der Waals surface area contributed by atoms with E-state index < -0.39 is 0 Å². The molecule has 1 aromatic heterocycles. The van der Waals surface area contributed by atoms with E-state index in [2.05, 4.69) is 16.9 Å². The third-order valence-corrected chi connectivity index (χ3v) is 4.26. The van der Waals surface area contributed by atoms with E-state index in [1.54, 1.807) is 0 Å². The molecule has 0 saturated carbocycles. The number of nitrogens with one attached hydrogen (secondary N) is 1. The average molecular weight is 327 g/mol. The summed E-state index contributed by atoms with van der Waals surface area (Å²) in [5, 5.41) is 2.63. The van der Waals surface area contributed by atoms with Crippen LogP contribution in [0.4, 0.5) is 0 Å². The molecular weight excluding hydrogens is 306 g/mol. The van der Waals surface area contributed by atoms with Crippen LogP contribution in [0, 0.1) is 0 Å². The molecule has 126 valence electrons. The normalized spacial score (nSPS) is 17.7. The second-order valence-corrected chi connectivity index (χ2v) is 5.94. The first kappa shape index (κ1) is 16.2. The van der Waals surface area contributed by atoms with Gasteiger partial charge in [0.1, 0.15) is 5.52 Å². The quantitative estimate of drug-likeness (QED) is 0.855. The summed E-state index contributed by atoms with van der Waals surface area (Å²) in [6, 6.07) is 7.69. The molecule has 1 fully saturated rings. The number of hydrogen-bond donors (Lipinski definition) is 1. The highest BCUT2D eigenvalue weighted by atomic mass is 16.3. The topological polar surface area (TPSA) is 75.4 Å². The van der Waals surface area contributed by atoms with Gasteiger partial charge in [0.15, 0.2) is 11.5 Å². The summed E-state index contributed by atoms with van der Waals surface area (Å²) < 4.78 is 5.85. The maximum atomic E-state index is 12.3. The van der Waals surface area contributed by atoms with Crippen LogP contribution in [-0.2, 0) is 9.59 Å². The van der Waals surface area contributed by atoms with E-state index in [9.17, 15) is 9.59 Å². The van der Waals surface area contributed by atoms with Crippen LogP contribution in [0.2, 0.25) is 0 Å². The van der Waals surface area contributed by atoms with Crippen molar-refractivity contribution in [2.45, 2.75) is 25.2 Å². The number of amides is 2. The van der Waals surface area contributed by atoms with Crippen molar-refractivity contribution in [1.82, 2.24) is 15.2 Å². The Balaban J connectivity index is 1.60. The van der Waals surface area contributed by atoms with Gasteiger partial charge in [-0.05, 0) is 31.1 Å². The standard InChI is InChI=1S/C18H21N3O3/c1-2-16(22)19-10-9-17(23)21-11-5-6-13(12-21)18-20-14-7-3-4-8-15(14)24-18/h2-4,7-8,13H,1,5-6,9-12H2,(H,19,22). The first-order valence-electron chi connectivity index (χ1n) is 8.21. The Hall–Kier alpha value is -2.63. The number of hydrogen-bond acceptors (Lipinski definition) is 4. The number of carbonyl (C=O) groups is 2. The molecule has 0 aliphatic carbocycles. The van der Waals surface area contributed by atoms with E-state index in [0.717, 1.165) is 30.5 Å². The van der Waals surface area contributed by atoms with Gasteiger partial charge in [0, 0.05) is 26.1 Å². The minimum Gasteiger partial charge on any atom is -0.440 e. The number of carbonyl (C=O) groups excluding carboxylic acids is 2. The maximum Gasteiger partial charge on any atom is 0.243 e. The first-order valence-corrected chi connectivity index (χ1v) is 8.21. The van der Waals surface area contributed by atoms with E-state index in [1.807, 2.05) is 29.2 Å². The van der Waals surface area contributed by atoms with Crippen LogP contribution in [0.15, 0.2) is 41.3 Å². The fraction of sp³-hybridized carbons (Fsp3) is 0.389. The number of aromatic nitrogens is 1. The first-order chi connectivity index (χ1) is 11.7. The Morgan fingerprint density at radius 1 is 1.42 bits per heavy atom. The number of para-hydroxylation sites is 2. The fourth-order valence-electron chi connectivity index (χ4n) is 2.99. The fourth-order valence-corrected chi connectivity index (χ4v) is 2.99. The monoisotopic (exact) mass is 327 g/mol. The lowest BCUT2D eigenvalue weighted by Gasteiger charge is -2.31. The molecule has 1 atom stereocenters. The third kappa shape index (κ3) is 3.64. The van der Waals surface area contributed by atoms with Gasteiger partial charge in [-0.3, -0.25) is 9.59 Å². The molecule has 2 aromatic rings. The van der Waals surface area contributed by atoms with Crippen molar-refractivity contribution in [3.8, 4) is 0 Å². The van der Waals surface area contributed by atoms with Gasteiger partial charge in [-0.15, -0.1) is 0 Å². The van der Waals surface area contributed by atoms with Crippen molar-refractivity contribution in [3.05, 3.63) is 42.8 Å². The summed E-state index contributed by atoms with van der Waals surface area (Å²) in [5.41, 5.74) is 1.63. The number of rotatable bonds is 5. The SMILES string of the molecule is C=CC(=O)NCCC(=O)N1CCCC(c2nc3ccccc3o2)C1. The van der Waals surface area contributed by atoms with Crippen molar-refractivity contribution in [2.24, 2.45) is 0 Å². The van der Waals surface area contributed by atoms with Crippen molar-refractivity contribution in [2.75, 3.05) is 19.6 Å². The van der Waals surface area contributed by atoms with Crippen LogP contribution in [0.3, 0.4) is 0 Å². The molecule has 1 aliphatic rings. The van der Waals surface area contributed by atoms with Gasteiger partial charge in [-0.25, -0.2) is 4.98 Å². The summed E-state index contributed by atoms with van der Waals surface area (Å²) in [5.74, 6) is 0.609. The molecule has 2 heterocycles. The molecule has 1 saturated heterocycles. The van der Waals surface area contributed by atoms with Gasteiger partial charge in [-0.2, -0.15) is 0 Å². The number of benzene rings is 1. The van der Waals surface area contributed by atoms with Gasteiger partial charge in [0.05, 0.1) is 5.92 Å². The summed E-state index contributed by atoms with van der Waals surface area (Å²) in [7, 11) is 0. The zero-order chi connectivity index (χ0) is 16.9. The van der Waals surface area contributed by atoms with Crippen molar-refractivity contribution < 1.29 is 14.0 Å². The van der Waals surface area contributed by atoms with E-state index in [4.69, 9.17) is 4.42 Å². The lowest BCUT2D eigenvalue weighted by Crippen LogP contribution is -2.40. The number of nitrogens with zero attached hydrogens (tertiary/aromatic N) is 2. The predicted molar refractivity (Wildman–Crippen MR) is 90.4 cm³/mol. The van der Waals surface area contributed by atoms with Crippen molar-refractivity contribution >= 4 is 22.9 Å². The minimum atomic E-state index is -0.259. The summed E-state index contributed by atoms with van der Waals surface area (Å²) in [4.78, 5) is 29.8. The Bertz CT molecular complexity index is 720. The van der Waals surface area contributed by atoms with E-state index >= 15 is 0 Å². The van der Waals surface area contributed by atoms with Gasteiger partial charge >= 0.3 is 0 Å². The van der Waals surface area contributed by atoms with Crippen molar-refractivity contribution in [1.29, 1.82) is 0 Å². The van der Waals surface area contributed by atoms with Crippen LogP contribution < -0.4 is 5.32 Å². The number of likely N-dealkylation sites (tertiary alicyclic amines) is 1. The molecule has 0 bridgehead atoms. The Morgan fingerprint density at radius 2 is 2.25 bits per heavy atom. The lowest BCUT2D eigenvalue weighted by molar-refractivity contribution is -0.132. The molecule has 2 amide bonds. The van der Waals surface area contributed by atoms with Gasteiger partial charge in [0.2, 0.25) is 11.8 Å². The largest absolute Gasteiger partial charge is 0.440 e. The lowest BCUT2D eigenvalue weighted by atomic mass is 9.97. The Morgan fingerprint density at radius 3 is 3.04 bits per heavy atom. The molecule has 24 heavy (non-hydrogen) atoms. The highest BCUT2D eigenvalue weighted by Crippen LogP contribution is 2.29. The molecule has 0 spiro atoms. The predicted octanol–water partition coefficient (Wildman–Crippen LogP) is 2.23. The molecule has 1 aliphatic heterocycles. The zero-order valence-corrected chi connectivity index (χ0v) is 13.5. The van der Waals surface area contributed by atoms with Crippen molar-refractivity contribution in [3.63, 3.8) is 0 Å². The van der Waals surface area contributed by atoms with Crippen LogP contribution in [0.25, 0.3) is 11.1 Å². The maximum absolute atomic E-state index is 12.3. The molecule has 1 aromatic carbocycles. The summed E-state index contributed by atoms with van der Waals surface area (Å²) >= 11 is 0. The smallest absolute Gasteiger partial charge is 0.243 e. The minimum absolute atomic E-state index is 0.0418. The molecule has 3 rings (SSSR count). The van der Waals surface area contributed by atoms with Crippen LogP contribution in [-0.4, -0.2) is 41.3 Å². The molecule has 6 nitrogen and oxygen atoms in total. The van der Waals surface area contributed by atoms with Gasteiger partial charge in [0.25, 0.3) is 0 Å². The highest BCUT2D eigenvalue weighted by Gasteiger charge is 2.27. The van der Waals surface area contributed by atoms with Crippen LogP contribution in [0.5, 0.6) is 0 Å². The van der Waals surface area contributed by atoms with Gasteiger partial charge < -0.3 is 14.6 Å². The third-order valence-electron chi connectivity index (χ3n) is 4.26. The number of piperidine rings is 1. The highest BCUT2D eigenvalue weighted by molar-refractivity contribution is 5.87. The second kappa shape index (κ2) is 7.29. The van der Waals surface area contributed by atoms with Gasteiger partial charge in [-0.1, -0.05) is 18.7 Å². The van der Waals surface area contributed by atoms with Crippen LogP contribution in [0.1, 0.15) is 31.1 Å². The molecule has 1 N–H and O–H groups in total. The number of fused-ring (bicyclic) bond motifs is 1. The Kier molecular flexibility index (Phi) is 4.93. The second-order valence-electron chi connectivity index (χ2n) is 5.94. The van der Waals surface area contributed by atoms with E-state index in [-0.39, 0.29) is 17.7 Å². The van der Waals surface area contributed by atoms with E-state index in [1.165, 1.54) is 6.08 Å². The molecular formula is C18H21N3O3. The summed E-state index contributed by atoms with van der Waals surface area (Å²) in [6.45, 7) is 5.07. The van der Waals surface area contributed by atoms with Crippen LogP contribution >= 0.6 is 0 Å². The molecule has 1 unspecified atom stereocenters. The molecule has 0 radical (unpaired) electrons. The average Bonchev–Trinajstić information content (AvgIpc) is 3.05.